The van der Waals surface area contributed by atoms with Gasteiger partial charge < -0.3 is 14.8 Å². The molecule has 0 radical (unpaired) electrons. The Kier molecular flexibility index (Phi) is 3.69. The van der Waals surface area contributed by atoms with Crippen LogP contribution in [-0.4, -0.2) is 34.1 Å². The van der Waals surface area contributed by atoms with Crippen LogP contribution in [0.1, 0.15) is 0 Å². The largest absolute Gasteiger partial charge is 0.490 e. The Hall–Kier alpha value is -2.12. The van der Waals surface area contributed by atoms with Crippen molar-refractivity contribution >= 4 is 9.84 Å². The number of benzene rings is 2. The van der Waals surface area contributed by atoms with E-state index in [1.165, 1.54) is 12.1 Å². The molecule has 2 aromatic rings. The van der Waals surface area contributed by atoms with Crippen molar-refractivity contribution in [3.8, 4) is 22.6 Å². The fourth-order valence-corrected chi connectivity index (χ4v) is 3.84. The molecule has 7 heteroatoms. The summed E-state index contributed by atoms with van der Waals surface area (Å²) in [6.45, 7) is 2.29. The topological polar surface area (TPSA) is 64.6 Å². The number of fused-ring (bicyclic) bond motifs is 1. The van der Waals surface area contributed by atoms with Gasteiger partial charge >= 0.3 is 0 Å². The van der Waals surface area contributed by atoms with Crippen LogP contribution in [0.15, 0.2) is 41.3 Å². The highest BCUT2D eigenvalue weighted by atomic mass is 32.2. The Morgan fingerprint density at radius 2 is 1.92 bits per heavy atom. The molecule has 1 fully saturated rings. The molecule has 1 saturated heterocycles. The predicted octanol–water partition coefficient (Wildman–Crippen LogP) is 2.21. The van der Waals surface area contributed by atoms with Crippen LogP contribution in [0.2, 0.25) is 0 Å². The Balaban J connectivity index is 1.57. The summed E-state index contributed by atoms with van der Waals surface area (Å²) in [5, 5.41) is 3.14. The Morgan fingerprint density at radius 1 is 1.17 bits per heavy atom. The summed E-state index contributed by atoms with van der Waals surface area (Å²) in [4.78, 5) is 0.181. The maximum atomic E-state index is 14.2. The summed E-state index contributed by atoms with van der Waals surface area (Å²) in [6, 6.07) is 9.51. The summed E-state index contributed by atoms with van der Waals surface area (Å²) in [5.41, 5.74) is 1.33. The molecule has 1 N–H and O–H groups in total. The van der Waals surface area contributed by atoms with Crippen molar-refractivity contribution in [3.63, 3.8) is 0 Å². The molecule has 2 aromatic carbocycles. The number of rotatable bonds is 4. The number of hydrogen-bond donors (Lipinski definition) is 1. The van der Waals surface area contributed by atoms with E-state index in [1.54, 1.807) is 24.3 Å². The lowest BCUT2D eigenvalue weighted by Crippen LogP contribution is -2.45. The van der Waals surface area contributed by atoms with Gasteiger partial charge in [-0.2, -0.15) is 0 Å². The molecule has 5 nitrogen and oxygen atoms in total. The molecule has 0 amide bonds. The Morgan fingerprint density at radius 3 is 2.62 bits per heavy atom. The quantitative estimate of drug-likeness (QED) is 0.917. The zero-order valence-corrected chi connectivity index (χ0v) is 13.6. The van der Waals surface area contributed by atoms with Crippen LogP contribution in [0, 0.1) is 11.7 Å². The summed E-state index contributed by atoms with van der Waals surface area (Å²) in [6.07, 6.45) is 0. The highest BCUT2D eigenvalue weighted by Gasteiger charge is 2.28. The summed E-state index contributed by atoms with van der Waals surface area (Å²) < 4.78 is 48.5. The Labute approximate surface area is 139 Å². The van der Waals surface area contributed by atoms with Gasteiger partial charge in [0.1, 0.15) is 10.6 Å². The number of hydrogen-bond acceptors (Lipinski definition) is 5. The second kappa shape index (κ2) is 5.75. The molecular weight excluding hydrogens is 333 g/mol. The van der Waals surface area contributed by atoms with Gasteiger partial charge in [-0.25, -0.2) is 12.8 Å². The molecule has 2 aliphatic heterocycles. The van der Waals surface area contributed by atoms with Crippen LogP contribution < -0.4 is 14.8 Å². The first kappa shape index (κ1) is 15.4. The maximum absolute atomic E-state index is 14.2. The minimum Gasteiger partial charge on any atom is -0.490 e. The van der Waals surface area contributed by atoms with Gasteiger partial charge in [0.15, 0.2) is 17.5 Å². The maximum Gasteiger partial charge on any atom is 0.216 e. The SMILES string of the molecule is O=S1(=O)COc2cc(-c3ccc(OCC4CNC4)c(F)c3)ccc21. The molecule has 0 aliphatic carbocycles. The van der Waals surface area contributed by atoms with Crippen LogP contribution in [0.25, 0.3) is 11.1 Å². The van der Waals surface area contributed by atoms with Gasteiger partial charge in [0.25, 0.3) is 0 Å². The van der Waals surface area contributed by atoms with Crippen LogP contribution in [0.4, 0.5) is 4.39 Å². The predicted molar refractivity (Wildman–Crippen MR) is 86.4 cm³/mol. The third kappa shape index (κ3) is 2.74. The summed E-state index contributed by atoms with van der Waals surface area (Å²) >= 11 is 0. The lowest BCUT2D eigenvalue weighted by molar-refractivity contribution is 0.193. The lowest BCUT2D eigenvalue weighted by atomic mass is 10.0. The zero-order chi connectivity index (χ0) is 16.7. The van der Waals surface area contributed by atoms with Crippen LogP contribution in [0.5, 0.6) is 11.5 Å². The molecule has 2 aliphatic rings. The Bertz CT molecular complexity index is 893. The minimum absolute atomic E-state index is 0.181. The monoisotopic (exact) mass is 349 g/mol. The number of nitrogens with one attached hydrogen (secondary N) is 1. The molecule has 0 saturated carbocycles. The molecule has 0 spiro atoms. The highest BCUT2D eigenvalue weighted by Crippen LogP contribution is 2.36. The van der Waals surface area contributed by atoms with E-state index in [0.29, 0.717) is 29.4 Å². The van der Waals surface area contributed by atoms with Gasteiger partial charge in [0, 0.05) is 19.0 Å². The van der Waals surface area contributed by atoms with Crippen LogP contribution >= 0.6 is 0 Å². The minimum atomic E-state index is -3.35. The molecule has 0 aromatic heterocycles. The van der Waals surface area contributed by atoms with Crippen molar-refractivity contribution in [1.82, 2.24) is 5.32 Å². The second-order valence-corrected chi connectivity index (χ2v) is 7.92. The van der Waals surface area contributed by atoms with Gasteiger partial charge in [-0.1, -0.05) is 12.1 Å². The number of ether oxygens (including phenoxy) is 2. The zero-order valence-electron chi connectivity index (χ0n) is 12.8. The first-order valence-electron chi connectivity index (χ1n) is 7.66. The van der Waals surface area contributed by atoms with Crippen molar-refractivity contribution in [2.45, 2.75) is 4.90 Å². The summed E-state index contributed by atoms with van der Waals surface area (Å²) in [5.74, 6) is 0.188. The normalized spacial score (nSPS) is 18.5. The smallest absolute Gasteiger partial charge is 0.216 e. The van der Waals surface area contributed by atoms with E-state index in [1.807, 2.05) is 0 Å². The second-order valence-electron chi connectivity index (χ2n) is 6.02. The van der Waals surface area contributed by atoms with E-state index in [4.69, 9.17) is 9.47 Å². The van der Waals surface area contributed by atoms with Gasteiger partial charge in [-0.15, -0.1) is 0 Å². The lowest BCUT2D eigenvalue weighted by Gasteiger charge is -2.26. The average Bonchev–Trinajstić information content (AvgIpc) is 2.82. The number of sulfone groups is 1. The molecular formula is C17H16FNO4S. The molecule has 0 atom stereocenters. The fourth-order valence-electron chi connectivity index (χ4n) is 2.73. The van der Waals surface area contributed by atoms with Crippen molar-refractivity contribution in [2.75, 3.05) is 25.6 Å². The van der Waals surface area contributed by atoms with E-state index < -0.39 is 15.7 Å². The van der Waals surface area contributed by atoms with Crippen LogP contribution in [0.3, 0.4) is 0 Å². The number of halogens is 1. The first-order chi connectivity index (χ1) is 11.5. The molecule has 24 heavy (non-hydrogen) atoms. The van der Waals surface area contributed by atoms with E-state index in [-0.39, 0.29) is 16.6 Å². The highest BCUT2D eigenvalue weighted by molar-refractivity contribution is 7.91. The third-order valence-electron chi connectivity index (χ3n) is 4.25. The standard InChI is InChI=1S/C17H16FNO4S/c18-14-5-12(1-3-15(14)22-9-11-7-19-8-11)13-2-4-17-16(6-13)23-10-24(17,20)21/h1-6,11,19H,7-10H2. The van der Waals surface area contributed by atoms with Crippen molar-refractivity contribution in [2.24, 2.45) is 5.92 Å². The van der Waals surface area contributed by atoms with Gasteiger partial charge in [-0.05, 0) is 35.4 Å². The molecule has 0 unspecified atom stereocenters. The summed E-state index contributed by atoms with van der Waals surface area (Å²) in [7, 11) is -3.35. The molecule has 2 heterocycles. The molecule has 126 valence electrons. The van der Waals surface area contributed by atoms with Crippen molar-refractivity contribution < 1.29 is 22.3 Å². The van der Waals surface area contributed by atoms with Gasteiger partial charge in [0.05, 0.1) is 6.61 Å². The van der Waals surface area contributed by atoms with Crippen molar-refractivity contribution in [3.05, 3.63) is 42.2 Å². The van der Waals surface area contributed by atoms with Gasteiger partial charge in [0.2, 0.25) is 9.84 Å². The van der Waals surface area contributed by atoms with Crippen molar-refractivity contribution in [1.29, 1.82) is 0 Å². The molecule has 0 bridgehead atoms. The third-order valence-corrected chi connectivity index (χ3v) is 5.69. The molecule has 4 rings (SSSR count). The van der Waals surface area contributed by atoms with Crippen LogP contribution in [-0.2, 0) is 9.84 Å². The first-order valence-corrected chi connectivity index (χ1v) is 9.31. The van der Waals surface area contributed by atoms with E-state index >= 15 is 0 Å². The van der Waals surface area contributed by atoms with Gasteiger partial charge in [-0.3, -0.25) is 0 Å². The van der Waals surface area contributed by atoms with E-state index in [0.717, 1.165) is 13.1 Å². The van der Waals surface area contributed by atoms with E-state index in [9.17, 15) is 12.8 Å². The fraction of sp³-hybridized carbons (Fsp3) is 0.294. The average molecular weight is 349 g/mol. The van der Waals surface area contributed by atoms with E-state index in [2.05, 4.69) is 5.32 Å².